The molecule has 0 fully saturated rings. The number of aromatic nitrogens is 1. The van der Waals surface area contributed by atoms with Crippen LogP contribution < -0.4 is 10.0 Å². The van der Waals surface area contributed by atoms with Crippen LogP contribution in [0.4, 0.5) is 0 Å². The topological polar surface area (TPSA) is 88.2 Å². The Hall–Kier alpha value is -1.96. The maximum absolute atomic E-state index is 12.0. The summed E-state index contributed by atoms with van der Waals surface area (Å²) >= 11 is 5.69. The Morgan fingerprint density at radius 3 is 2.43 bits per heavy atom. The monoisotopic (exact) mass is 353 g/mol. The highest BCUT2D eigenvalue weighted by Gasteiger charge is 2.13. The third-order valence-corrected chi connectivity index (χ3v) is 4.79. The minimum absolute atomic E-state index is 0.123. The van der Waals surface area contributed by atoms with E-state index in [9.17, 15) is 13.2 Å². The number of carbonyl (C=O) groups excluding carboxylic acids is 1. The summed E-state index contributed by atoms with van der Waals surface area (Å²) in [5, 5.41) is 3.12. The van der Waals surface area contributed by atoms with Crippen molar-refractivity contribution in [2.24, 2.45) is 0 Å². The molecule has 8 heteroatoms. The molecule has 0 aliphatic rings. The minimum atomic E-state index is -3.51. The Morgan fingerprint density at radius 2 is 1.87 bits per heavy atom. The number of amides is 1. The van der Waals surface area contributed by atoms with E-state index in [2.05, 4.69) is 15.0 Å². The van der Waals surface area contributed by atoms with Crippen LogP contribution in [0.3, 0.4) is 0 Å². The van der Waals surface area contributed by atoms with Crippen LogP contribution in [-0.2, 0) is 16.6 Å². The van der Waals surface area contributed by atoms with E-state index in [1.165, 1.54) is 24.3 Å². The molecule has 0 unspecified atom stereocenters. The van der Waals surface area contributed by atoms with Gasteiger partial charge in [-0.1, -0.05) is 24.6 Å². The fourth-order valence-corrected chi connectivity index (χ4v) is 3.01. The molecule has 0 bridgehead atoms. The number of hydrogen-bond donors (Lipinski definition) is 2. The van der Waals surface area contributed by atoms with Gasteiger partial charge in [-0.2, -0.15) is 0 Å². The summed E-state index contributed by atoms with van der Waals surface area (Å²) in [5.41, 5.74) is 1.19. The first-order valence-corrected chi connectivity index (χ1v) is 8.77. The fraction of sp³-hybridized carbons (Fsp3) is 0.200. The molecule has 1 aromatic heterocycles. The fourth-order valence-electron chi connectivity index (χ4n) is 1.85. The molecule has 2 N–H and O–H groups in total. The van der Waals surface area contributed by atoms with E-state index in [1.54, 1.807) is 25.3 Å². The van der Waals surface area contributed by atoms with Crippen LogP contribution in [0, 0.1) is 0 Å². The van der Waals surface area contributed by atoms with E-state index in [0.717, 1.165) is 5.56 Å². The van der Waals surface area contributed by atoms with Crippen molar-refractivity contribution in [2.45, 2.75) is 18.4 Å². The zero-order valence-corrected chi connectivity index (χ0v) is 14.0. The highest BCUT2D eigenvalue weighted by atomic mass is 35.5. The molecule has 6 nitrogen and oxygen atoms in total. The highest BCUT2D eigenvalue weighted by Crippen LogP contribution is 2.11. The number of halogens is 1. The zero-order valence-electron chi connectivity index (χ0n) is 12.4. The van der Waals surface area contributed by atoms with Gasteiger partial charge >= 0.3 is 0 Å². The van der Waals surface area contributed by atoms with Crippen LogP contribution >= 0.6 is 11.6 Å². The average Bonchev–Trinajstić information content (AvgIpc) is 2.54. The summed E-state index contributed by atoms with van der Waals surface area (Å²) in [7, 11) is -3.51. The zero-order chi connectivity index (χ0) is 16.9. The summed E-state index contributed by atoms with van der Waals surface area (Å²) in [4.78, 5) is 16.1. The summed E-state index contributed by atoms with van der Waals surface area (Å²) in [6.07, 6.45) is 1.58. The molecule has 122 valence electrons. The number of carbonyl (C=O) groups is 1. The Morgan fingerprint density at radius 1 is 1.17 bits per heavy atom. The first-order chi connectivity index (χ1) is 10.9. The van der Waals surface area contributed by atoms with Crippen molar-refractivity contribution in [2.75, 3.05) is 6.54 Å². The minimum Gasteiger partial charge on any atom is -0.348 e. The predicted molar refractivity (Wildman–Crippen MR) is 87.7 cm³/mol. The molecule has 0 radical (unpaired) electrons. The second-order valence-corrected chi connectivity index (χ2v) is 6.85. The van der Waals surface area contributed by atoms with Gasteiger partial charge < -0.3 is 5.32 Å². The van der Waals surface area contributed by atoms with Crippen LogP contribution in [0.15, 0.2) is 47.5 Å². The van der Waals surface area contributed by atoms with Gasteiger partial charge in [0.15, 0.2) is 0 Å². The van der Waals surface area contributed by atoms with Gasteiger partial charge in [-0.3, -0.25) is 4.79 Å². The molecule has 0 aliphatic carbocycles. The lowest BCUT2D eigenvalue weighted by Gasteiger charge is -2.07. The standard InChI is InChI=1S/C15H16ClN3O3S/c1-2-19-23(21,22)13-6-4-12(5-7-13)15(20)18-10-11-3-8-14(16)17-9-11/h3-9,19H,2,10H2,1H3,(H,18,20). The van der Waals surface area contributed by atoms with E-state index in [0.29, 0.717) is 23.8 Å². The second-order valence-electron chi connectivity index (χ2n) is 4.70. The van der Waals surface area contributed by atoms with E-state index in [-0.39, 0.29) is 10.8 Å². The molecule has 23 heavy (non-hydrogen) atoms. The van der Waals surface area contributed by atoms with Crippen molar-refractivity contribution < 1.29 is 13.2 Å². The van der Waals surface area contributed by atoms with Crippen molar-refractivity contribution in [1.29, 1.82) is 0 Å². The van der Waals surface area contributed by atoms with Gasteiger partial charge in [0.2, 0.25) is 10.0 Å². The predicted octanol–water partition coefficient (Wildman–Crippen LogP) is 1.96. The number of benzene rings is 1. The van der Waals surface area contributed by atoms with Crippen molar-refractivity contribution in [3.8, 4) is 0 Å². The van der Waals surface area contributed by atoms with Crippen molar-refractivity contribution in [3.05, 3.63) is 58.9 Å². The van der Waals surface area contributed by atoms with Crippen LogP contribution in [0.25, 0.3) is 0 Å². The van der Waals surface area contributed by atoms with E-state index < -0.39 is 10.0 Å². The first-order valence-electron chi connectivity index (χ1n) is 6.90. The molecule has 0 aliphatic heterocycles. The lowest BCUT2D eigenvalue weighted by Crippen LogP contribution is -2.24. The number of pyridine rings is 1. The molecule has 0 atom stereocenters. The second kappa shape index (κ2) is 7.54. The first kappa shape index (κ1) is 17.4. The molecule has 1 amide bonds. The van der Waals surface area contributed by atoms with Crippen molar-refractivity contribution in [3.63, 3.8) is 0 Å². The van der Waals surface area contributed by atoms with Crippen molar-refractivity contribution >= 4 is 27.5 Å². The van der Waals surface area contributed by atoms with Crippen molar-refractivity contribution in [1.82, 2.24) is 15.0 Å². The molecule has 0 spiro atoms. The van der Waals surface area contributed by atoms with Gasteiger partial charge in [-0.05, 0) is 35.9 Å². The third kappa shape index (κ3) is 4.75. The molecule has 0 saturated carbocycles. The maximum Gasteiger partial charge on any atom is 0.251 e. The SMILES string of the molecule is CCNS(=O)(=O)c1ccc(C(=O)NCc2ccc(Cl)nc2)cc1. The summed E-state index contributed by atoms with van der Waals surface area (Å²) in [5.74, 6) is -0.299. The summed E-state index contributed by atoms with van der Waals surface area (Å²) in [6, 6.07) is 9.15. The van der Waals surface area contributed by atoms with Gasteiger partial charge in [-0.15, -0.1) is 0 Å². The molecule has 1 aromatic carbocycles. The maximum atomic E-state index is 12.0. The Labute approximate surface area is 139 Å². The quantitative estimate of drug-likeness (QED) is 0.777. The normalized spacial score (nSPS) is 11.2. The van der Waals surface area contributed by atoms with Crippen LogP contribution in [-0.4, -0.2) is 25.9 Å². The van der Waals surface area contributed by atoms with E-state index in [1.807, 2.05) is 0 Å². The molecule has 2 aromatic rings. The van der Waals surface area contributed by atoms with Crippen LogP contribution in [0.2, 0.25) is 5.15 Å². The number of nitrogens with one attached hydrogen (secondary N) is 2. The summed E-state index contributed by atoms with van der Waals surface area (Å²) in [6.45, 7) is 2.31. The average molecular weight is 354 g/mol. The lowest BCUT2D eigenvalue weighted by atomic mass is 10.2. The third-order valence-electron chi connectivity index (χ3n) is 3.00. The molecule has 1 heterocycles. The van der Waals surface area contributed by atoms with Gasteiger partial charge in [0.05, 0.1) is 4.90 Å². The van der Waals surface area contributed by atoms with Gasteiger partial charge in [-0.25, -0.2) is 18.1 Å². The number of sulfonamides is 1. The number of nitrogens with zero attached hydrogens (tertiary/aromatic N) is 1. The molecular formula is C15H16ClN3O3S. The van der Waals surface area contributed by atoms with E-state index >= 15 is 0 Å². The van der Waals surface area contributed by atoms with Crippen LogP contribution in [0.1, 0.15) is 22.8 Å². The number of hydrogen-bond acceptors (Lipinski definition) is 4. The lowest BCUT2D eigenvalue weighted by molar-refractivity contribution is 0.0951. The Kier molecular flexibility index (Phi) is 5.70. The molecular weight excluding hydrogens is 338 g/mol. The molecule has 2 rings (SSSR count). The van der Waals surface area contributed by atoms with Crippen LogP contribution in [0.5, 0.6) is 0 Å². The Balaban J connectivity index is 2.01. The number of rotatable bonds is 6. The van der Waals surface area contributed by atoms with Gasteiger partial charge in [0.25, 0.3) is 5.91 Å². The van der Waals surface area contributed by atoms with Gasteiger partial charge in [0.1, 0.15) is 5.15 Å². The molecule has 0 saturated heterocycles. The summed E-state index contributed by atoms with van der Waals surface area (Å²) < 4.78 is 26.0. The largest absolute Gasteiger partial charge is 0.348 e. The Bertz CT molecular complexity index is 775. The smallest absolute Gasteiger partial charge is 0.251 e. The van der Waals surface area contributed by atoms with E-state index in [4.69, 9.17) is 11.6 Å². The highest BCUT2D eigenvalue weighted by molar-refractivity contribution is 7.89. The van der Waals surface area contributed by atoms with Gasteiger partial charge in [0, 0.05) is 24.8 Å².